The number of rotatable bonds is 5. The van der Waals surface area contributed by atoms with Crippen LogP contribution in [0.1, 0.15) is 11.1 Å². The van der Waals surface area contributed by atoms with Gasteiger partial charge >= 0.3 is 0 Å². The standard InChI is InChI=1S/C19H19N5O2/c20-11-17(18(25)21-12-15-4-2-1-3-5-15)10-16-13-22-19(23-14-16)24-6-8-26-9-7-24/h1-5,10,13-14H,6-9,12H2,(H,21,25)/b17-10+. The van der Waals surface area contributed by atoms with Crippen LogP contribution in [0.5, 0.6) is 0 Å². The quantitative estimate of drug-likeness (QED) is 0.650. The van der Waals surface area contributed by atoms with Crippen LogP contribution in [-0.4, -0.2) is 42.2 Å². The van der Waals surface area contributed by atoms with Crippen LogP contribution in [0.2, 0.25) is 0 Å². The summed E-state index contributed by atoms with van der Waals surface area (Å²) in [7, 11) is 0. The predicted molar refractivity (Wildman–Crippen MR) is 96.9 cm³/mol. The van der Waals surface area contributed by atoms with Crippen LogP contribution in [0.4, 0.5) is 5.95 Å². The highest BCUT2D eigenvalue weighted by molar-refractivity contribution is 6.01. The third kappa shape index (κ3) is 4.65. The minimum Gasteiger partial charge on any atom is -0.378 e. The molecule has 2 aromatic rings. The van der Waals surface area contributed by atoms with Crippen molar-refractivity contribution in [3.63, 3.8) is 0 Å². The molecule has 1 amide bonds. The maximum atomic E-state index is 12.2. The predicted octanol–water partition coefficient (Wildman–Crippen LogP) is 1.54. The zero-order valence-electron chi connectivity index (χ0n) is 14.3. The Bertz CT molecular complexity index is 806. The first kappa shape index (κ1) is 17.6. The molecule has 0 bridgehead atoms. The number of nitrogens with zero attached hydrogens (tertiary/aromatic N) is 4. The molecule has 1 N–H and O–H groups in total. The van der Waals surface area contributed by atoms with E-state index in [1.807, 2.05) is 41.3 Å². The molecule has 0 saturated carbocycles. The highest BCUT2D eigenvalue weighted by atomic mass is 16.5. The number of aromatic nitrogens is 2. The average molecular weight is 349 g/mol. The summed E-state index contributed by atoms with van der Waals surface area (Å²) in [5, 5.41) is 12.0. The lowest BCUT2D eigenvalue weighted by molar-refractivity contribution is -0.117. The van der Waals surface area contributed by atoms with Crippen LogP contribution >= 0.6 is 0 Å². The number of carbonyl (C=O) groups excluding carboxylic acids is 1. The molecule has 1 aromatic carbocycles. The number of amides is 1. The number of nitriles is 1. The lowest BCUT2D eigenvalue weighted by Crippen LogP contribution is -2.37. The third-order valence-corrected chi connectivity index (χ3v) is 3.92. The van der Waals surface area contributed by atoms with Gasteiger partial charge in [-0.1, -0.05) is 30.3 Å². The molecule has 1 aliphatic heterocycles. The first-order valence-corrected chi connectivity index (χ1v) is 8.35. The Morgan fingerprint density at radius 3 is 2.58 bits per heavy atom. The van der Waals surface area contributed by atoms with E-state index in [4.69, 9.17) is 4.74 Å². The van der Waals surface area contributed by atoms with Crippen LogP contribution < -0.4 is 10.2 Å². The van der Waals surface area contributed by atoms with Crippen molar-refractivity contribution in [3.05, 3.63) is 59.4 Å². The Hall–Kier alpha value is -3.24. The fourth-order valence-corrected chi connectivity index (χ4v) is 2.52. The second kappa shape index (κ2) is 8.74. The summed E-state index contributed by atoms with van der Waals surface area (Å²) < 4.78 is 5.31. The average Bonchev–Trinajstić information content (AvgIpc) is 2.72. The van der Waals surface area contributed by atoms with Gasteiger partial charge in [-0.15, -0.1) is 0 Å². The summed E-state index contributed by atoms with van der Waals surface area (Å²) in [4.78, 5) is 22.9. The number of morpholine rings is 1. The first-order chi connectivity index (χ1) is 12.8. The summed E-state index contributed by atoms with van der Waals surface area (Å²) in [6.45, 7) is 3.18. The van der Waals surface area contributed by atoms with Gasteiger partial charge in [-0.25, -0.2) is 9.97 Å². The van der Waals surface area contributed by atoms with Gasteiger partial charge in [0.1, 0.15) is 11.6 Å². The molecule has 1 aromatic heterocycles. The molecule has 0 spiro atoms. The lowest BCUT2D eigenvalue weighted by Gasteiger charge is -2.26. The fourth-order valence-electron chi connectivity index (χ4n) is 2.52. The number of anilines is 1. The van der Waals surface area contributed by atoms with E-state index in [2.05, 4.69) is 15.3 Å². The number of ether oxygens (including phenoxy) is 1. The van der Waals surface area contributed by atoms with Crippen LogP contribution in [0.25, 0.3) is 6.08 Å². The number of benzene rings is 1. The van der Waals surface area contributed by atoms with Crippen LogP contribution in [0.15, 0.2) is 48.3 Å². The maximum absolute atomic E-state index is 12.2. The number of nitrogens with one attached hydrogen (secondary N) is 1. The van der Waals surface area contributed by atoms with Crippen molar-refractivity contribution in [2.75, 3.05) is 31.2 Å². The van der Waals surface area contributed by atoms with Crippen molar-refractivity contribution in [3.8, 4) is 6.07 Å². The van der Waals surface area contributed by atoms with Gasteiger partial charge in [0.05, 0.1) is 13.2 Å². The van der Waals surface area contributed by atoms with Gasteiger partial charge in [-0.05, 0) is 11.6 Å². The van der Waals surface area contributed by atoms with E-state index in [1.165, 1.54) is 6.08 Å². The fraction of sp³-hybridized carbons (Fsp3) is 0.263. The van der Waals surface area contributed by atoms with Gasteiger partial charge in [-0.2, -0.15) is 5.26 Å². The molecule has 2 heterocycles. The second-order valence-corrected chi connectivity index (χ2v) is 5.75. The highest BCUT2D eigenvalue weighted by Crippen LogP contribution is 2.11. The molecule has 0 radical (unpaired) electrons. The van der Waals surface area contributed by atoms with Crippen molar-refractivity contribution >= 4 is 17.9 Å². The summed E-state index contributed by atoms with van der Waals surface area (Å²) in [6, 6.07) is 11.5. The van der Waals surface area contributed by atoms with Crippen molar-refractivity contribution < 1.29 is 9.53 Å². The van der Waals surface area contributed by atoms with Gasteiger partial charge in [0.2, 0.25) is 5.95 Å². The third-order valence-electron chi connectivity index (χ3n) is 3.92. The second-order valence-electron chi connectivity index (χ2n) is 5.75. The van der Waals surface area contributed by atoms with E-state index in [-0.39, 0.29) is 5.57 Å². The molecule has 7 heteroatoms. The van der Waals surface area contributed by atoms with Crippen molar-refractivity contribution in [2.45, 2.75) is 6.54 Å². The molecular weight excluding hydrogens is 330 g/mol. The Balaban J connectivity index is 1.64. The number of carbonyl (C=O) groups is 1. The zero-order chi connectivity index (χ0) is 18.2. The Morgan fingerprint density at radius 2 is 1.92 bits per heavy atom. The minimum atomic E-state index is -0.423. The maximum Gasteiger partial charge on any atom is 0.262 e. The van der Waals surface area contributed by atoms with E-state index in [9.17, 15) is 10.1 Å². The normalized spacial score (nSPS) is 14.6. The van der Waals surface area contributed by atoms with Gasteiger partial charge in [-0.3, -0.25) is 4.79 Å². The summed E-state index contributed by atoms with van der Waals surface area (Å²) in [5.41, 5.74) is 1.59. The van der Waals surface area contributed by atoms with Gasteiger partial charge in [0, 0.05) is 37.6 Å². The first-order valence-electron chi connectivity index (χ1n) is 8.35. The summed E-state index contributed by atoms with van der Waals surface area (Å²) in [5.74, 6) is 0.200. The zero-order valence-corrected chi connectivity index (χ0v) is 14.3. The van der Waals surface area contributed by atoms with E-state index in [1.54, 1.807) is 12.4 Å². The van der Waals surface area contributed by atoms with Crippen LogP contribution in [-0.2, 0) is 16.1 Å². The molecule has 0 atom stereocenters. The molecule has 0 aliphatic carbocycles. The van der Waals surface area contributed by atoms with Crippen molar-refractivity contribution in [1.29, 1.82) is 5.26 Å². The van der Waals surface area contributed by atoms with Gasteiger partial charge in [0.15, 0.2) is 0 Å². The Labute approximate surface area is 151 Å². The Kier molecular flexibility index (Phi) is 5.91. The van der Waals surface area contributed by atoms with E-state index < -0.39 is 5.91 Å². The molecule has 1 aliphatic rings. The number of hydrogen-bond donors (Lipinski definition) is 1. The molecule has 132 valence electrons. The molecule has 26 heavy (non-hydrogen) atoms. The minimum absolute atomic E-state index is 0.0173. The van der Waals surface area contributed by atoms with Crippen molar-refractivity contribution in [2.24, 2.45) is 0 Å². The molecule has 1 saturated heterocycles. The monoisotopic (exact) mass is 349 g/mol. The highest BCUT2D eigenvalue weighted by Gasteiger charge is 2.14. The molecule has 3 rings (SSSR count). The van der Waals surface area contributed by atoms with Crippen molar-refractivity contribution in [1.82, 2.24) is 15.3 Å². The summed E-state index contributed by atoms with van der Waals surface area (Å²) in [6.07, 6.45) is 4.71. The van der Waals surface area contributed by atoms with Gasteiger partial charge < -0.3 is 15.0 Å². The largest absolute Gasteiger partial charge is 0.378 e. The summed E-state index contributed by atoms with van der Waals surface area (Å²) >= 11 is 0. The number of hydrogen-bond acceptors (Lipinski definition) is 6. The molecular formula is C19H19N5O2. The van der Waals surface area contributed by atoms with Crippen LogP contribution in [0.3, 0.4) is 0 Å². The van der Waals surface area contributed by atoms with E-state index >= 15 is 0 Å². The topological polar surface area (TPSA) is 91.1 Å². The smallest absolute Gasteiger partial charge is 0.262 e. The van der Waals surface area contributed by atoms with E-state index in [0.29, 0.717) is 31.3 Å². The lowest BCUT2D eigenvalue weighted by atomic mass is 10.2. The van der Waals surface area contributed by atoms with Gasteiger partial charge in [0.25, 0.3) is 5.91 Å². The van der Waals surface area contributed by atoms with E-state index in [0.717, 1.165) is 18.7 Å². The molecule has 1 fully saturated rings. The molecule has 0 unspecified atom stereocenters. The molecule has 7 nitrogen and oxygen atoms in total. The Morgan fingerprint density at radius 1 is 1.23 bits per heavy atom. The van der Waals surface area contributed by atoms with Crippen LogP contribution in [0, 0.1) is 11.3 Å². The SMILES string of the molecule is N#C/C(=C\c1cnc(N2CCOCC2)nc1)C(=O)NCc1ccccc1.